The van der Waals surface area contributed by atoms with Gasteiger partial charge in [-0.15, -0.1) is 0 Å². The Kier molecular flexibility index (Phi) is 15.1. The molecule has 0 radical (unpaired) electrons. The zero-order chi connectivity index (χ0) is 23.0. The minimum atomic E-state index is -0.783. The van der Waals surface area contributed by atoms with E-state index in [0.29, 0.717) is 0 Å². The third kappa shape index (κ3) is 8.87. The summed E-state index contributed by atoms with van der Waals surface area (Å²) in [6.07, 6.45) is 2.52. The molecule has 4 rings (SSSR count). The molecule has 0 amide bonds. The first-order chi connectivity index (χ1) is 15.9. The summed E-state index contributed by atoms with van der Waals surface area (Å²) in [5.41, 5.74) is 0. The fourth-order valence-electron chi connectivity index (χ4n) is 3.72. The Morgan fingerprint density at radius 2 is 0.562 bits per heavy atom. The van der Waals surface area contributed by atoms with Gasteiger partial charge < -0.3 is 0 Å². The first kappa shape index (κ1) is 28.0. The topological polar surface area (TPSA) is 0 Å². The fraction of sp³-hybridized carbons (Fsp3) is 0.0769. The largest absolute Gasteiger partial charge is 0.101 e. The van der Waals surface area contributed by atoms with Crippen LogP contribution in [0.1, 0.15) is 0 Å². The molecule has 0 aliphatic heterocycles. The SMILES string of the molecule is [Cl][Au].[Cl][Au].c1ccc([PH+](CC[PH+](c2ccccc2)c2ccccc2)c2ccccc2)cc1. The number of halogens is 2. The van der Waals surface area contributed by atoms with Crippen LogP contribution in [0.2, 0.25) is 0 Å². The first-order valence-electron chi connectivity index (χ1n) is 10.1. The second-order valence-corrected chi connectivity index (χ2v) is 12.1. The smallest absolute Gasteiger partial charge is 0.0620 e. The summed E-state index contributed by atoms with van der Waals surface area (Å²) in [5.74, 6) is 0. The number of benzene rings is 4. The molecule has 0 heterocycles. The van der Waals surface area contributed by atoms with Gasteiger partial charge in [-0.2, -0.15) is 0 Å². The van der Waals surface area contributed by atoms with Gasteiger partial charge in [0, 0.05) is 0 Å². The van der Waals surface area contributed by atoms with Gasteiger partial charge in [-0.05, 0) is 48.5 Å². The molecule has 0 N–H and O–H groups in total. The van der Waals surface area contributed by atoms with Gasteiger partial charge >= 0.3 is 58.4 Å². The molecule has 0 saturated carbocycles. The maximum atomic E-state index is 4.58. The van der Waals surface area contributed by atoms with E-state index in [1.165, 1.54) is 33.5 Å². The Hall–Kier alpha value is -0.199. The average Bonchev–Trinajstić information content (AvgIpc) is 2.91. The van der Waals surface area contributed by atoms with Crippen molar-refractivity contribution in [3.63, 3.8) is 0 Å². The Balaban J connectivity index is 0.000000860. The van der Waals surface area contributed by atoms with E-state index < -0.39 is 15.8 Å². The van der Waals surface area contributed by atoms with Crippen LogP contribution in [0.3, 0.4) is 0 Å². The van der Waals surface area contributed by atoms with Crippen molar-refractivity contribution in [2.45, 2.75) is 0 Å². The van der Waals surface area contributed by atoms with Crippen LogP contribution >= 0.6 is 34.2 Å². The van der Waals surface area contributed by atoms with Crippen molar-refractivity contribution in [3.8, 4) is 0 Å². The van der Waals surface area contributed by atoms with Crippen molar-refractivity contribution < 1.29 is 40.0 Å². The van der Waals surface area contributed by atoms with Crippen molar-refractivity contribution in [1.82, 2.24) is 0 Å². The van der Waals surface area contributed by atoms with Crippen molar-refractivity contribution in [1.29, 1.82) is 0 Å². The van der Waals surface area contributed by atoms with Gasteiger partial charge in [-0.25, -0.2) is 0 Å². The van der Waals surface area contributed by atoms with Gasteiger partial charge in [0.2, 0.25) is 0 Å². The van der Waals surface area contributed by atoms with Crippen LogP contribution in [0.15, 0.2) is 121 Å². The summed E-state index contributed by atoms with van der Waals surface area (Å²) < 4.78 is 0. The Morgan fingerprint density at radius 3 is 0.750 bits per heavy atom. The van der Waals surface area contributed by atoms with E-state index in [0.717, 1.165) is 0 Å². The van der Waals surface area contributed by atoms with Crippen LogP contribution in [0.4, 0.5) is 0 Å². The van der Waals surface area contributed by atoms with Crippen molar-refractivity contribution in [2.24, 2.45) is 0 Å². The summed E-state index contributed by atoms with van der Waals surface area (Å²) in [6.45, 7) is 0. The molecule has 0 nitrogen and oxygen atoms in total. The van der Waals surface area contributed by atoms with E-state index >= 15 is 0 Å². The van der Waals surface area contributed by atoms with E-state index in [4.69, 9.17) is 0 Å². The molecule has 4 aromatic rings. The maximum Gasteiger partial charge on any atom is 0.101 e. The molecule has 0 saturated heterocycles. The van der Waals surface area contributed by atoms with Gasteiger partial charge in [-0.1, -0.05) is 72.8 Å². The normalized spacial score (nSPS) is 10.1. The summed E-state index contributed by atoms with van der Waals surface area (Å²) in [7, 11) is 7.60. The van der Waals surface area contributed by atoms with Gasteiger partial charge in [-0.3, -0.25) is 0 Å². The van der Waals surface area contributed by atoms with Crippen LogP contribution in [0, 0.1) is 0 Å². The first-order valence-corrected chi connectivity index (χ1v) is 18.9. The molecule has 4 aromatic carbocycles. The second-order valence-electron chi connectivity index (χ2n) is 6.92. The molecule has 6 heteroatoms. The molecule has 32 heavy (non-hydrogen) atoms. The molecular formula is C26H26Au2Cl2P2+2. The van der Waals surface area contributed by atoms with Gasteiger partial charge in [0.05, 0.1) is 37.1 Å². The third-order valence-corrected chi connectivity index (χ3v) is 11.2. The Labute approximate surface area is 227 Å². The predicted molar refractivity (Wildman–Crippen MR) is 142 cm³/mol. The fourth-order valence-corrected chi connectivity index (χ4v) is 9.92. The maximum absolute atomic E-state index is 4.58. The molecule has 0 fully saturated rings. The summed E-state index contributed by atoms with van der Waals surface area (Å²) >= 11 is 3.50. The van der Waals surface area contributed by atoms with Crippen LogP contribution in [-0.2, 0) is 40.0 Å². The molecule has 0 spiro atoms. The minimum Gasteiger partial charge on any atom is -0.0620 e. The molecular weight excluding hydrogens is 839 g/mol. The van der Waals surface area contributed by atoms with E-state index in [9.17, 15) is 0 Å². The monoisotopic (exact) mass is 864 g/mol. The van der Waals surface area contributed by atoms with E-state index in [-0.39, 0.29) is 0 Å². The molecule has 0 bridgehead atoms. The molecule has 0 aliphatic rings. The summed E-state index contributed by atoms with van der Waals surface area (Å²) in [5, 5.41) is 6.06. The molecule has 0 aliphatic carbocycles. The van der Waals surface area contributed by atoms with Crippen molar-refractivity contribution in [3.05, 3.63) is 121 Å². The van der Waals surface area contributed by atoms with Crippen molar-refractivity contribution >= 4 is 55.4 Å². The molecule has 174 valence electrons. The van der Waals surface area contributed by atoms with Crippen LogP contribution < -0.4 is 21.2 Å². The number of hydrogen-bond donors (Lipinski definition) is 0. The Bertz CT molecular complexity index is 814. The van der Waals surface area contributed by atoms with Crippen LogP contribution in [0.5, 0.6) is 0 Å². The number of hydrogen-bond acceptors (Lipinski definition) is 0. The van der Waals surface area contributed by atoms with E-state index in [1.54, 1.807) is 40.0 Å². The summed E-state index contributed by atoms with van der Waals surface area (Å²) in [6, 6.07) is 44.5. The Morgan fingerprint density at radius 1 is 0.375 bits per heavy atom. The summed E-state index contributed by atoms with van der Waals surface area (Å²) in [4.78, 5) is 0. The standard InChI is InChI=1S/C26H24P2.2Au.2ClH/c1-5-13-23(14-6-1)27(24-15-7-2-8-16-24)21-22-28(25-17-9-3-10-18-25)26-19-11-4-12-20-26;;;;/h1-20H,21-22H2;;;2*1H/q;2*+1;;. The van der Waals surface area contributed by atoms with E-state index in [2.05, 4.69) is 140 Å². The van der Waals surface area contributed by atoms with E-state index in [1.807, 2.05) is 0 Å². The van der Waals surface area contributed by atoms with Gasteiger partial charge in [0.15, 0.2) is 0 Å². The second kappa shape index (κ2) is 17.3. The van der Waals surface area contributed by atoms with Crippen molar-refractivity contribution in [2.75, 3.05) is 12.3 Å². The van der Waals surface area contributed by atoms with Gasteiger partial charge in [0.25, 0.3) is 0 Å². The average molecular weight is 865 g/mol. The predicted octanol–water partition coefficient (Wildman–Crippen LogP) is 6.09. The van der Waals surface area contributed by atoms with Crippen LogP contribution in [-0.4, -0.2) is 12.3 Å². The van der Waals surface area contributed by atoms with Gasteiger partial charge in [0.1, 0.15) is 12.3 Å². The molecule has 0 unspecified atom stereocenters. The zero-order valence-electron chi connectivity index (χ0n) is 17.3. The third-order valence-electron chi connectivity index (χ3n) is 5.11. The number of rotatable bonds is 7. The van der Waals surface area contributed by atoms with Crippen LogP contribution in [0.25, 0.3) is 0 Å². The quantitative estimate of drug-likeness (QED) is 0.156. The zero-order valence-corrected chi connectivity index (χ0v) is 25.2. The molecule has 0 aromatic heterocycles. The minimum absolute atomic E-state index is 0.783. The molecule has 0 atom stereocenters.